The molecule has 0 aliphatic heterocycles. The molecule has 0 aromatic heterocycles. The van der Waals surface area contributed by atoms with Crippen LogP contribution in [0.2, 0.25) is 0 Å². The van der Waals surface area contributed by atoms with Gasteiger partial charge in [0, 0.05) is 22.1 Å². The lowest BCUT2D eigenvalue weighted by molar-refractivity contribution is 0.0696. The van der Waals surface area contributed by atoms with Gasteiger partial charge in [0.1, 0.15) is 0 Å². The molecule has 0 aliphatic carbocycles. The Morgan fingerprint density at radius 2 is 1.73 bits per heavy atom. The molecule has 0 amide bonds. The zero-order valence-corrected chi connectivity index (χ0v) is 12.9. The summed E-state index contributed by atoms with van der Waals surface area (Å²) in [6, 6.07) is 13.4. The van der Waals surface area contributed by atoms with Gasteiger partial charge < -0.3 is 5.11 Å². The topological polar surface area (TPSA) is 71.4 Å². The summed E-state index contributed by atoms with van der Waals surface area (Å²) in [6.07, 6.45) is 0. The van der Waals surface area contributed by atoms with Gasteiger partial charge >= 0.3 is 5.97 Å². The van der Waals surface area contributed by atoms with Crippen molar-refractivity contribution in [1.82, 2.24) is 0 Å². The molecule has 1 unspecified atom stereocenters. The van der Waals surface area contributed by atoms with Crippen molar-refractivity contribution in [2.75, 3.05) is 5.75 Å². The number of aromatic carboxylic acids is 1. The maximum absolute atomic E-state index is 12.1. The van der Waals surface area contributed by atoms with E-state index < -0.39 is 16.8 Å². The molecule has 0 fully saturated rings. The first kappa shape index (κ1) is 16.1. The largest absolute Gasteiger partial charge is 0.478 e. The van der Waals surface area contributed by atoms with E-state index in [9.17, 15) is 13.8 Å². The number of Topliss-reactive ketones (excluding diaryl/α,β-unsaturated/α-hetero) is 1. The van der Waals surface area contributed by atoms with Gasteiger partial charge in [-0.15, -0.1) is 0 Å². The average Bonchev–Trinajstić information content (AvgIpc) is 2.47. The fourth-order valence-corrected chi connectivity index (χ4v) is 3.11. The standard InChI is InChI=1S/C17H16O4S/c1-12-5-7-14(8-6-12)16(18)11-22(21)10-13-3-2-4-15(9-13)17(19)20/h2-9H,10-11H2,1H3,(H,19,20). The van der Waals surface area contributed by atoms with E-state index in [0.717, 1.165) is 5.56 Å². The molecule has 5 heteroatoms. The minimum Gasteiger partial charge on any atom is -0.478 e. The predicted octanol–water partition coefficient (Wildman–Crippen LogP) is 2.82. The van der Waals surface area contributed by atoms with Crippen LogP contribution in [0.1, 0.15) is 31.8 Å². The zero-order chi connectivity index (χ0) is 16.1. The van der Waals surface area contributed by atoms with Gasteiger partial charge in [0.25, 0.3) is 0 Å². The third-order valence-corrected chi connectivity index (χ3v) is 4.41. The second-order valence-electron chi connectivity index (χ2n) is 5.02. The van der Waals surface area contributed by atoms with Crippen molar-refractivity contribution in [3.8, 4) is 0 Å². The number of rotatable bonds is 6. The molecule has 2 aromatic rings. The van der Waals surface area contributed by atoms with Crippen molar-refractivity contribution in [2.45, 2.75) is 12.7 Å². The molecule has 1 atom stereocenters. The van der Waals surface area contributed by atoms with Crippen LogP contribution in [0.4, 0.5) is 0 Å². The van der Waals surface area contributed by atoms with Gasteiger partial charge in [-0.1, -0.05) is 42.0 Å². The van der Waals surface area contributed by atoms with E-state index in [1.165, 1.54) is 12.1 Å². The molecule has 0 saturated carbocycles. The van der Waals surface area contributed by atoms with Crippen molar-refractivity contribution in [2.24, 2.45) is 0 Å². The summed E-state index contributed by atoms with van der Waals surface area (Å²) < 4.78 is 12.1. The zero-order valence-electron chi connectivity index (χ0n) is 12.1. The van der Waals surface area contributed by atoms with Crippen LogP contribution in [0.15, 0.2) is 48.5 Å². The van der Waals surface area contributed by atoms with Gasteiger partial charge in [0.15, 0.2) is 5.78 Å². The number of carboxylic acid groups (broad SMARTS) is 1. The first-order valence-electron chi connectivity index (χ1n) is 6.73. The number of carbonyl (C=O) groups is 2. The number of aryl methyl sites for hydroxylation is 1. The van der Waals surface area contributed by atoms with Gasteiger partial charge in [0.05, 0.1) is 11.3 Å². The van der Waals surface area contributed by atoms with E-state index in [4.69, 9.17) is 5.11 Å². The molecule has 0 radical (unpaired) electrons. The minimum atomic E-state index is -1.37. The SMILES string of the molecule is Cc1ccc(C(=O)CS(=O)Cc2cccc(C(=O)O)c2)cc1. The molecule has 114 valence electrons. The molecule has 0 heterocycles. The van der Waals surface area contributed by atoms with Gasteiger partial charge in [-0.25, -0.2) is 4.79 Å². The smallest absolute Gasteiger partial charge is 0.335 e. The third-order valence-electron chi connectivity index (χ3n) is 3.17. The Morgan fingerprint density at radius 3 is 2.36 bits per heavy atom. The molecule has 0 saturated heterocycles. The number of carbonyl (C=O) groups excluding carboxylic acids is 1. The summed E-state index contributed by atoms with van der Waals surface area (Å²) in [7, 11) is -1.37. The lowest BCUT2D eigenvalue weighted by atomic mass is 10.1. The van der Waals surface area contributed by atoms with Crippen LogP contribution < -0.4 is 0 Å². The van der Waals surface area contributed by atoms with Gasteiger partial charge in [-0.05, 0) is 24.6 Å². The predicted molar refractivity (Wildman–Crippen MR) is 85.6 cm³/mol. The van der Waals surface area contributed by atoms with Crippen LogP contribution in [0.5, 0.6) is 0 Å². The van der Waals surface area contributed by atoms with Crippen LogP contribution in [0.3, 0.4) is 0 Å². The summed E-state index contributed by atoms with van der Waals surface area (Å²) >= 11 is 0. The lowest BCUT2D eigenvalue weighted by Gasteiger charge is -2.04. The van der Waals surface area contributed by atoms with Crippen molar-refractivity contribution in [3.05, 3.63) is 70.8 Å². The van der Waals surface area contributed by atoms with Gasteiger partial charge in [-0.2, -0.15) is 0 Å². The maximum Gasteiger partial charge on any atom is 0.335 e. The second kappa shape index (κ2) is 7.13. The molecule has 0 aliphatic rings. The second-order valence-corrected chi connectivity index (χ2v) is 6.48. The van der Waals surface area contributed by atoms with E-state index in [2.05, 4.69) is 0 Å². The van der Waals surface area contributed by atoms with E-state index in [1.54, 1.807) is 24.3 Å². The van der Waals surface area contributed by atoms with Gasteiger partial charge in [0.2, 0.25) is 0 Å². The van der Waals surface area contributed by atoms with Crippen molar-refractivity contribution in [1.29, 1.82) is 0 Å². The summed E-state index contributed by atoms with van der Waals surface area (Å²) in [5.74, 6) is -1.10. The van der Waals surface area contributed by atoms with Crippen LogP contribution >= 0.6 is 0 Å². The fraction of sp³-hybridized carbons (Fsp3) is 0.176. The van der Waals surface area contributed by atoms with E-state index >= 15 is 0 Å². The molecule has 2 rings (SSSR count). The Balaban J connectivity index is 2.01. The number of ketones is 1. The molecule has 22 heavy (non-hydrogen) atoms. The maximum atomic E-state index is 12.1. The molecule has 1 N–H and O–H groups in total. The van der Waals surface area contributed by atoms with Crippen molar-refractivity contribution >= 4 is 22.6 Å². The highest BCUT2D eigenvalue weighted by molar-refractivity contribution is 7.85. The Morgan fingerprint density at radius 1 is 1.05 bits per heavy atom. The normalized spacial score (nSPS) is 11.9. The number of hydrogen-bond acceptors (Lipinski definition) is 3. The van der Waals surface area contributed by atoms with Crippen molar-refractivity contribution < 1.29 is 18.9 Å². The van der Waals surface area contributed by atoms with Crippen LogP contribution in [0, 0.1) is 6.92 Å². The Hall–Kier alpha value is -2.27. The fourth-order valence-electron chi connectivity index (χ4n) is 2.00. The van der Waals surface area contributed by atoms with Gasteiger partial charge in [-0.3, -0.25) is 9.00 Å². The summed E-state index contributed by atoms with van der Waals surface area (Å²) in [6.45, 7) is 1.93. The number of carboxylic acids is 1. The Bertz CT molecular complexity index is 720. The molecule has 4 nitrogen and oxygen atoms in total. The minimum absolute atomic E-state index is 0.0691. The third kappa shape index (κ3) is 4.36. The molecule has 2 aromatic carbocycles. The average molecular weight is 316 g/mol. The summed E-state index contributed by atoms with van der Waals surface area (Å²) in [4.78, 5) is 22.9. The monoisotopic (exact) mass is 316 g/mol. The van der Waals surface area contributed by atoms with E-state index in [-0.39, 0.29) is 22.9 Å². The Kier molecular flexibility index (Phi) is 5.22. The summed E-state index contributed by atoms with van der Waals surface area (Å²) in [5, 5.41) is 8.93. The number of hydrogen-bond donors (Lipinski definition) is 1. The highest BCUT2D eigenvalue weighted by atomic mass is 32.2. The molecule has 0 spiro atoms. The van der Waals surface area contributed by atoms with E-state index in [1.807, 2.05) is 19.1 Å². The molecular weight excluding hydrogens is 300 g/mol. The summed E-state index contributed by atoms with van der Waals surface area (Å²) in [5.41, 5.74) is 2.40. The Labute approximate surface area is 131 Å². The molecule has 0 bridgehead atoms. The van der Waals surface area contributed by atoms with Crippen LogP contribution in [-0.4, -0.2) is 26.8 Å². The van der Waals surface area contributed by atoms with Crippen LogP contribution in [-0.2, 0) is 16.6 Å². The van der Waals surface area contributed by atoms with Crippen LogP contribution in [0.25, 0.3) is 0 Å². The highest BCUT2D eigenvalue weighted by Gasteiger charge is 2.12. The first-order chi connectivity index (χ1) is 10.5. The lowest BCUT2D eigenvalue weighted by Crippen LogP contribution is -2.12. The van der Waals surface area contributed by atoms with E-state index in [0.29, 0.717) is 11.1 Å². The first-order valence-corrected chi connectivity index (χ1v) is 8.21. The number of benzene rings is 2. The highest BCUT2D eigenvalue weighted by Crippen LogP contribution is 2.10. The van der Waals surface area contributed by atoms with Crippen molar-refractivity contribution in [3.63, 3.8) is 0 Å². The molecular formula is C17H16O4S. The quantitative estimate of drug-likeness (QED) is 0.832.